The van der Waals surface area contributed by atoms with Gasteiger partial charge >= 0.3 is 0 Å². The molecule has 0 bridgehead atoms. The van der Waals surface area contributed by atoms with Crippen molar-refractivity contribution in [2.24, 2.45) is 4.99 Å². The van der Waals surface area contributed by atoms with Gasteiger partial charge in [-0.15, -0.1) is 0 Å². The molecule has 3 rings (SSSR count). The van der Waals surface area contributed by atoms with Crippen molar-refractivity contribution in [3.8, 4) is 11.3 Å². The number of hydrogen-bond donors (Lipinski definition) is 0. The number of nitrogens with zero attached hydrogens (tertiary/aromatic N) is 1. The van der Waals surface area contributed by atoms with E-state index in [0.29, 0.717) is 0 Å². The molecule has 0 spiro atoms. The molecule has 100 valence electrons. The van der Waals surface area contributed by atoms with Gasteiger partial charge in [0.2, 0.25) is 0 Å². The van der Waals surface area contributed by atoms with Crippen LogP contribution in [0.25, 0.3) is 22.3 Å². The lowest BCUT2D eigenvalue weighted by atomic mass is 10.1. The van der Waals surface area contributed by atoms with Gasteiger partial charge in [0.1, 0.15) is 11.3 Å². The summed E-state index contributed by atoms with van der Waals surface area (Å²) in [6, 6.07) is 20.4. The predicted molar refractivity (Wildman–Crippen MR) is 82.3 cm³/mol. The third kappa shape index (κ3) is 2.50. The van der Waals surface area contributed by atoms with Gasteiger partial charge in [-0.25, -0.2) is 0 Å². The first-order chi connectivity index (χ1) is 9.74. The molecule has 0 fully saturated rings. The highest BCUT2D eigenvalue weighted by atomic mass is 16.3. The van der Waals surface area contributed by atoms with Crippen molar-refractivity contribution in [3.05, 3.63) is 66.0 Å². The normalized spacial score (nSPS) is 12.2. The van der Waals surface area contributed by atoms with Crippen LogP contribution < -0.4 is 5.36 Å². The smallest absolute Gasteiger partial charge is 0.136 e. The van der Waals surface area contributed by atoms with E-state index in [1.165, 1.54) is 0 Å². The number of hydrogen-bond acceptors (Lipinski definition) is 2. The summed E-state index contributed by atoms with van der Waals surface area (Å²) < 4.78 is 6.01. The first-order valence-corrected chi connectivity index (χ1v) is 6.86. The molecule has 0 aliphatic rings. The zero-order chi connectivity index (χ0) is 13.9. The molecule has 0 amide bonds. The van der Waals surface area contributed by atoms with Crippen LogP contribution in [0.2, 0.25) is 0 Å². The number of fused-ring (bicyclic) bond motifs is 1. The van der Waals surface area contributed by atoms with Crippen LogP contribution in [-0.4, -0.2) is 6.04 Å². The second-order valence-corrected chi connectivity index (χ2v) is 5.08. The first kappa shape index (κ1) is 12.7. The lowest BCUT2D eigenvalue weighted by Gasteiger charge is -2.05. The minimum Gasteiger partial charge on any atom is -0.456 e. The van der Waals surface area contributed by atoms with E-state index in [9.17, 15) is 0 Å². The molecule has 1 aromatic heterocycles. The Bertz CT molecular complexity index is 785. The van der Waals surface area contributed by atoms with E-state index >= 15 is 0 Å². The molecule has 0 radical (unpaired) electrons. The van der Waals surface area contributed by atoms with E-state index < -0.39 is 0 Å². The number of benzene rings is 2. The average molecular weight is 263 g/mol. The fourth-order valence-electron chi connectivity index (χ4n) is 2.25. The van der Waals surface area contributed by atoms with Gasteiger partial charge in [-0.1, -0.05) is 42.5 Å². The zero-order valence-electron chi connectivity index (χ0n) is 11.7. The van der Waals surface area contributed by atoms with Crippen LogP contribution >= 0.6 is 0 Å². The van der Waals surface area contributed by atoms with Gasteiger partial charge in [-0.3, -0.25) is 4.99 Å². The van der Waals surface area contributed by atoms with E-state index in [2.05, 4.69) is 19.9 Å². The van der Waals surface area contributed by atoms with Gasteiger partial charge in [-0.05, 0) is 26.0 Å². The van der Waals surface area contributed by atoms with E-state index in [-0.39, 0.29) is 6.04 Å². The highest BCUT2D eigenvalue weighted by Gasteiger charge is 2.05. The largest absolute Gasteiger partial charge is 0.456 e. The number of rotatable bonds is 2. The van der Waals surface area contributed by atoms with Crippen molar-refractivity contribution in [3.63, 3.8) is 0 Å². The van der Waals surface area contributed by atoms with Crippen LogP contribution in [0.3, 0.4) is 0 Å². The Morgan fingerprint density at radius 3 is 2.35 bits per heavy atom. The summed E-state index contributed by atoms with van der Waals surface area (Å²) in [5, 5.41) is 2.04. The third-order valence-electron chi connectivity index (χ3n) is 3.11. The molecular formula is C18H17NO. The molecule has 0 saturated carbocycles. The highest BCUT2D eigenvalue weighted by molar-refractivity contribution is 5.78. The third-order valence-corrected chi connectivity index (χ3v) is 3.11. The molecule has 3 aromatic rings. The van der Waals surface area contributed by atoms with Crippen LogP contribution in [0.5, 0.6) is 0 Å². The average Bonchev–Trinajstić information content (AvgIpc) is 2.47. The SMILES string of the molecule is CC(C)N=c1cc(-c2ccccc2)oc2ccccc12. The Hall–Kier alpha value is -2.35. The fourth-order valence-corrected chi connectivity index (χ4v) is 2.25. The highest BCUT2D eigenvalue weighted by Crippen LogP contribution is 2.21. The topological polar surface area (TPSA) is 25.5 Å². The Morgan fingerprint density at radius 1 is 0.900 bits per heavy atom. The van der Waals surface area contributed by atoms with Gasteiger partial charge < -0.3 is 4.42 Å². The van der Waals surface area contributed by atoms with Crippen molar-refractivity contribution in [2.75, 3.05) is 0 Å². The van der Waals surface area contributed by atoms with Crippen molar-refractivity contribution in [1.29, 1.82) is 0 Å². The second kappa shape index (κ2) is 5.33. The summed E-state index contributed by atoms with van der Waals surface area (Å²) in [5.41, 5.74) is 1.94. The maximum atomic E-state index is 6.01. The molecule has 2 nitrogen and oxygen atoms in total. The second-order valence-electron chi connectivity index (χ2n) is 5.08. The van der Waals surface area contributed by atoms with Crippen LogP contribution in [0, 0.1) is 0 Å². The van der Waals surface area contributed by atoms with Gasteiger partial charge in [0, 0.05) is 23.1 Å². The first-order valence-electron chi connectivity index (χ1n) is 6.86. The minimum atomic E-state index is 0.254. The monoisotopic (exact) mass is 263 g/mol. The Labute approximate surface area is 118 Å². The fraction of sp³-hybridized carbons (Fsp3) is 0.167. The molecule has 2 aromatic carbocycles. The summed E-state index contributed by atoms with van der Waals surface area (Å²) in [5.74, 6) is 0.851. The van der Waals surface area contributed by atoms with Gasteiger partial charge in [0.05, 0.1) is 5.36 Å². The van der Waals surface area contributed by atoms with Crippen LogP contribution in [0.4, 0.5) is 0 Å². The lowest BCUT2D eigenvalue weighted by Crippen LogP contribution is -2.07. The minimum absolute atomic E-state index is 0.254. The van der Waals surface area contributed by atoms with Crippen molar-refractivity contribution in [2.45, 2.75) is 19.9 Å². The van der Waals surface area contributed by atoms with Crippen LogP contribution in [0.15, 0.2) is 70.1 Å². The van der Waals surface area contributed by atoms with E-state index in [1.807, 2.05) is 54.6 Å². The van der Waals surface area contributed by atoms with Gasteiger partial charge in [-0.2, -0.15) is 0 Å². The maximum Gasteiger partial charge on any atom is 0.136 e. The quantitative estimate of drug-likeness (QED) is 0.672. The molecule has 0 atom stereocenters. The molecule has 1 heterocycles. The van der Waals surface area contributed by atoms with Crippen molar-refractivity contribution in [1.82, 2.24) is 0 Å². The number of para-hydroxylation sites is 1. The van der Waals surface area contributed by atoms with Crippen LogP contribution in [0.1, 0.15) is 13.8 Å². The molecule has 0 aliphatic carbocycles. The maximum absolute atomic E-state index is 6.01. The molecular weight excluding hydrogens is 246 g/mol. The zero-order valence-corrected chi connectivity index (χ0v) is 11.7. The summed E-state index contributed by atoms with van der Waals surface area (Å²) in [7, 11) is 0. The van der Waals surface area contributed by atoms with E-state index in [1.54, 1.807) is 0 Å². The molecule has 0 unspecified atom stereocenters. The summed E-state index contributed by atoms with van der Waals surface area (Å²) in [6.45, 7) is 4.17. The predicted octanol–water partition coefficient (Wildman–Crippen LogP) is 4.41. The van der Waals surface area contributed by atoms with E-state index in [4.69, 9.17) is 9.41 Å². The lowest BCUT2D eigenvalue weighted by molar-refractivity contribution is 0.617. The van der Waals surface area contributed by atoms with Gasteiger partial charge in [0.25, 0.3) is 0 Å². The summed E-state index contributed by atoms with van der Waals surface area (Å²) in [6.07, 6.45) is 0. The molecule has 0 aliphatic heterocycles. The van der Waals surface area contributed by atoms with E-state index in [0.717, 1.165) is 27.7 Å². The van der Waals surface area contributed by atoms with Crippen molar-refractivity contribution < 1.29 is 4.42 Å². The molecule has 0 saturated heterocycles. The standard InChI is InChI=1S/C18H17NO/c1-13(2)19-16-12-18(14-8-4-3-5-9-14)20-17-11-7-6-10-15(16)17/h3-13H,1-2H3. The Morgan fingerprint density at radius 2 is 1.60 bits per heavy atom. The van der Waals surface area contributed by atoms with Crippen LogP contribution in [-0.2, 0) is 0 Å². The Kier molecular flexibility index (Phi) is 3.38. The van der Waals surface area contributed by atoms with Crippen molar-refractivity contribution >= 4 is 11.0 Å². The Balaban J connectivity index is 2.31. The molecule has 20 heavy (non-hydrogen) atoms. The summed E-state index contributed by atoms with van der Waals surface area (Å²) >= 11 is 0. The summed E-state index contributed by atoms with van der Waals surface area (Å²) in [4.78, 5) is 4.71. The molecule has 2 heteroatoms. The molecule has 0 N–H and O–H groups in total. The van der Waals surface area contributed by atoms with Gasteiger partial charge in [0.15, 0.2) is 0 Å².